The van der Waals surface area contributed by atoms with Gasteiger partial charge in [-0.1, -0.05) is 23.7 Å². The molecule has 0 saturated carbocycles. The molecule has 12 heteroatoms. The lowest BCUT2D eigenvalue weighted by molar-refractivity contribution is -0.0591. The van der Waals surface area contributed by atoms with E-state index in [-0.39, 0.29) is 18.7 Å². The first-order valence-electron chi connectivity index (χ1n) is 12.6. The van der Waals surface area contributed by atoms with Crippen LogP contribution in [0.15, 0.2) is 42.6 Å². The van der Waals surface area contributed by atoms with Gasteiger partial charge >= 0.3 is 12.0 Å². The molecule has 5 heterocycles. The molecule has 6 rings (SSSR count). The summed E-state index contributed by atoms with van der Waals surface area (Å²) in [5, 5.41) is 9.73. The Morgan fingerprint density at radius 3 is 2.87 bits per heavy atom. The third kappa shape index (κ3) is 5.67. The molecule has 0 amide bonds. The number of imidazole rings is 1. The van der Waals surface area contributed by atoms with Gasteiger partial charge in [-0.2, -0.15) is 4.98 Å². The van der Waals surface area contributed by atoms with E-state index in [1.165, 1.54) is 17.4 Å². The molecule has 9 nitrogen and oxygen atoms in total. The third-order valence-corrected chi connectivity index (χ3v) is 8.15. The molecule has 39 heavy (non-hydrogen) atoms. The average molecular weight is 570 g/mol. The van der Waals surface area contributed by atoms with E-state index in [2.05, 4.69) is 25.5 Å². The molecule has 1 atom stereocenters. The minimum Gasteiger partial charge on any atom is -0.477 e. The van der Waals surface area contributed by atoms with E-state index in [1.807, 2.05) is 6.07 Å². The number of hydrogen-bond acceptors (Lipinski definition) is 8. The number of nitrogens with zero attached hydrogens (tertiary/aromatic N) is 5. The molecule has 3 aromatic heterocycles. The van der Waals surface area contributed by atoms with Crippen LogP contribution >= 0.6 is 22.9 Å². The van der Waals surface area contributed by atoms with Crippen LogP contribution in [0.25, 0.3) is 15.9 Å². The summed E-state index contributed by atoms with van der Waals surface area (Å²) in [6.07, 6.45) is 5.69. The van der Waals surface area contributed by atoms with Gasteiger partial charge in [-0.05, 0) is 42.7 Å². The summed E-state index contributed by atoms with van der Waals surface area (Å²) in [5.74, 6) is -0.459. The van der Waals surface area contributed by atoms with Crippen LogP contribution < -0.4 is 4.74 Å². The number of thiophene rings is 1. The normalized spacial score (nSPS) is 17.7. The maximum atomic E-state index is 14.1. The SMILES string of the molecule is O=C(O)c1cc2c(nc(CN3CC=C(c4ccnc(OCc5ccc(Cl)cc5F)n4)CC3)n2CC2CCO2)s1. The molecule has 2 aliphatic rings. The zero-order valence-electron chi connectivity index (χ0n) is 20.8. The van der Waals surface area contributed by atoms with Crippen LogP contribution in [-0.2, 0) is 24.4 Å². The number of halogens is 2. The number of ether oxygens (including phenoxy) is 2. The molecule has 1 aromatic carbocycles. The van der Waals surface area contributed by atoms with Crippen LogP contribution in [0.3, 0.4) is 0 Å². The topological polar surface area (TPSA) is 103 Å². The zero-order chi connectivity index (χ0) is 26.9. The van der Waals surface area contributed by atoms with Crippen LogP contribution in [0.1, 0.15) is 39.6 Å². The molecule has 1 N–H and O–H groups in total. The van der Waals surface area contributed by atoms with Crippen molar-refractivity contribution in [3.8, 4) is 6.01 Å². The smallest absolute Gasteiger partial charge is 0.346 e. The molecule has 4 aromatic rings. The first-order chi connectivity index (χ1) is 18.9. The number of rotatable bonds is 9. The molecule has 1 fully saturated rings. The van der Waals surface area contributed by atoms with Crippen molar-refractivity contribution in [2.45, 2.75) is 38.6 Å². The second kappa shape index (κ2) is 11.0. The maximum Gasteiger partial charge on any atom is 0.346 e. The van der Waals surface area contributed by atoms with Crippen molar-refractivity contribution in [2.24, 2.45) is 0 Å². The van der Waals surface area contributed by atoms with Crippen LogP contribution in [0.2, 0.25) is 5.02 Å². The number of hydrogen-bond donors (Lipinski definition) is 1. The van der Waals surface area contributed by atoms with Crippen LogP contribution in [0.5, 0.6) is 6.01 Å². The fourth-order valence-corrected chi connectivity index (χ4v) is 5.73. The van der Waals surface area contributed by atoms with Crippen molar-refractivity contribution in [2.75, 3.05) is 19.7 Å². The monoisotopic (exact) mass is 569 g/mol. The van der Waals surface area contributed by atoms with E-state index in [0.29, 0.717) is 35.1 Å². The summed E-state index contributed by atoms with van der Waals surface area (Å²) in [4.78, 5) is 28.3. The van der Waals surface area contributed by atoms with Gasteiger partial charge in [-0.15, -0.1) is 11.3 Å². The van der Waals surface area contributed by atoms with Gasteiger partial charge in [0.1, 0.15) is 28.0 Å². The van der Waals surface area contributed by atoms with E-state index in [0.717, 1.165) is 53.4 Å². The Bertz CT molecular complexity index is 1570. The fourth-order valence-electron chi connectivity index (χ4n) is 4.68. The Hall–Kier alpha value is -3.38. The first-order valence-corrected chi connectivity index (χ1v) is 13.8. The third-order valence-electron chi connectivity index (χ3n) is 6.91. The van der Waals surface area contributed by atoms with Gasteiger partial charge in [0.05, 0.1) is 30.4 Å². The van der Waals surface area contributed by atoms with Crippen molar-refractivity contribution in [3.63, 3.8) is 0 Å². The Balaban J connectivity index is 1.13. The Labute approximate surface area is 232 Å². The summed E-state index contributed by atoms with van der Waals surface area (Å²) in [7, 11) is 0. The molecule has 0 radical (unpaired) electrons. The number of aromatic nitrogens is 4. The largest absolute Gasteiger partial charge is 0.477 e. The minimum absolute atomic E-state index is 0.00321. The molecule has 1 unspecified atom stereocenters. The van der Waals surface area contributed by atoms with Crippen LogP contribution in [-0.4, -0.2) is 61.3 Å². The molecular formula is C27H25ClFN5O4S. The van der Waals surface area contributed by atoms with Crippen molar-refractivity contribution in [3.05, 3.63) is 75.4 Å². The van der Waals surface area contributed by atoms with Crippen molar-refractivity contribution < 1.29 is 23.8 Å². The molecule has 1 saturated heterocycles. The molecule has 2 aliphatic heterocycles. The molecule has 0 spiro atoms. The number of carboxylic acids is 1. The molecule has 0 bridgehead atoms. The first kappa shape index (κ1) is 25.9. The van der Waals surface area contributed by atoms with Gasteiger partial charge in [-0.25, -0.2) is 19.2 Å². The van der Waals surface area contributed by atoms with Gasteiger partial charge in [0.25, 0.3) is 0 Å². The predicted octanol–water partition coefficient (Wildman–Crippen LogP) is 5.04. The van der Waals surface area contributed by atoms with E-state index in [1.54, 1.807) is 24.4 Å². The van der Waals surface area contributed by atoms with Gasteiger partial charge < -0.3 is 19.1 Å². The lowest BCUT2D eigenvalue weighted by Crippen LogP contribution is -2.33. The van der Waals surface area contributed by atoms with Gasteiger partial charge in [0.2, 0.25) is 0 Å². The quantitative estimate of drug-likeness (QED) is 0.299. The highest BCUT2D eigenvalue weighted by Crippen LogP contribution is 2.30. The average Bonchev–Trinajstić information content (AvgIpc) is 3.45. The van der Waals surface area contributed by atoms with Gasteiger partial charge in [-0.3, -0.25) is 4.90 Å². The van der Waals surface area contributed by atoms with Gasteiger partial charge in [0.15, 0.2) is 0 Å². The highest BCUT2D eigenvalue weighted by Gasteiger charge is 2.25. The number of benzene rings is 1. The fraction of sp³-hybridized carbons (Fsp3) is 0.333. The summed E-state index contributed by atoms with van der Waals surface area (Å²) < 4.78 is 27.5. The van der Waals surface area contributed by atoms with Crippen LogP contribution in [0.4, 0.5) is 4.39 Å². The van der Waals surface area contributed by atoms with E-state index < -0.39 is 11.8 Å². The van der Waals surface area contributed by atoms with Gasteiger partial charge in [0, 0.05) is 36.5 Å². The summed E-state index contributed by atoms with van der Waals surface area (Å²) >= 11 is 7.02. The van der Waals surface area contributed by atoms with Crippen molar-refractivity contribution in [1.82, 2.24) is 24.4 Å². The van der Waals surface area contributed by atoms with E-state index in [4.69, 9.17) is 26.1 Å². The predicted molar refractivity (Wildman–Crippen MR) is 145 cm³/mol. The summed E-state index contributed by atoms with van der Waals surface area (Å²) in [6.45, 7) is 3.60. The van der Waals surface area contributed by atoms with Crippen LogP contribution in [0, 0.1) is 5.82 Å². The van der Waals surface area contributed by atoms with E-state index >= 15 is 0 Å². The lowest BCUT2D eigenvalue weighted by Gasteiger charge is -2.29. The van der Waals surface area contributed by atoms with E-state index in [9.17, 15) is 14.3 Å². The number of aromatic carboxylic acids is 1. The second-order valence-electron chi connectivity index (χ2n) is 9.49. The molecule has 202 valence electrons. The highest BCUT2D eigenvalue weighted by molar-refractivity contribution is 7.20. The highest BCUT2D eigenvalue weighted by atomic mass is 35.5. The van der Waals surface area contributed by atoms with Crippen molar-refractivity contribution >= 4 is 44.8 Å². The number of fused-ring (bicyclic) bond motifs is 1. The Kier molecular flexibility index (Phi) is 7.30. The molecule has 0 aliphatic carbocycles. The zero-order valence-corrected chi connectivity index (χ0v) is 22.4. The second-order valence-corrected chi connectivity index (χ2v) is 11.0. The lowest BCUT2D eigenvalue weighted by atomic mass is 10.0. The standard InChI is InChI=1S/C27H25ClFN5O4S/c28-18-2-1-17(20(29)11-18)15-38-27-30-7-3-21(31-27)16-4-8-33(9-5-16)14-24-32-25-22(12-23(39-25)26(35)36)34(24)13-19-6-10-37-19/h1-4,7,11-12,19H,5-6,8-10,13-15H2,(H,35,36). The number of carbonyl (C=O) groups is 1. The number of carboxylic acid groups (broad SMARTS) is 1. The summed E-state index contributed by atoms with van der Waals surface area (Å²) in [5.41, 5.74) is 3.10. The Morgan fingerprint density at radius 2 is 2.15 bits per heavy atom. The maximum absolute atomic E-state index is 14.1. The van der Waals surface area contributed by atoms with Crippen molar-refractivity contribution in [1.29, 1.82) is 0 Å². The molecular weight excluding hydrogens is 545 g/mol. The summed E-state index contributed by atoms with van der Waals surface area (Å²) in [6, 6.07) is 8.19. The minimum atomic E-state index is -0.935. The Morgan fingerprint density at radius 1 is 1.28 bits per heavy atom.